The number of aryl methyl sites for hydroxylation is 1. The van der Waals surface area contributed by atoms with Crippen molar-refractivity contribution in [1.29, 1.82) is 0 Å². The van der Waals surface area contributed by atoms with Crippen LogP contribution in [0.5, 0.6) is 0 Å². The lowest BCUT2D eigenvalue weighted by Crippen LogP contribution is -2.52. The Morgan fingerprint density at radius 3 is 2.82 bits per heavy atom. The smallest absolute Gasteiger partial charge is 0.318 e. The van der Waals surface area contributed by atoms with Crippen molar-refractivity contribution in [1.82, 2.24) is 29.7 Å². The summed E-state index contributed by atoms with van der Waals surface area (Å²) in [7, 11) is -1.46. The predicted octanol–water partition coefficient (Wildman–Crippen LogP) is -0.401. The number of piperidine rings is 1. The van der Waals surface area contributed by atoms with Crippen LogP contribution in [0.3, 0.4) is 0 Å². The van der Waals surface area contributed by atoms with Crippen molar-refractivity contribution < 1.29 is 13.2 Å². The third-order valence-corrected chi connectivity index (χ3v) is 4.32. The Bertz CT molecular complexity index is 629. The fourth-order valence-electron chi connectivity index (χ4n) is 2.59. The Balaban J connectivity index is 1.93. The highest BCUT2D eigenvalue weighted by molar-refractivity contribution is 7.88. The van der Waals surface area contributed by atoms with Gasteiger partial charge in [-0.1, -0.05) is 0 Å². The van der Waals surface area contributed by atoms with E-state index in [2.05, 4.69) is 20.2 Å². The average Bonchev–Trinajstić information content (AvgIpc) is 2.83. The number of aromatic nitrogens is 3. The second-order valence-electron chi connectivity index (χ2n) is 5.65. The molecule has 0 aliphatic carbocycles. The van der Waals surface area contributed by atoms with Crippen LogP contribution in [-0.2, 0) is 17.1 Å². The van der Waals surface area contributed by atoms with E-state index in [1.807, 2.05) is 14.0 Å². The number of hydrogen-bond donors (Lipinski definition) is 2. The number of carbonyl (C=O) groups is 1. The zero-order valence-electron chi connectivity index (χ0n) is 13.0. The van der Waals surface area contributed by atoms with Crippen LogP contribution in [0.15, 0.2) is 6.33 Å². The monoisotopic (exact) mass is 330 g/mol. The van der Waals surface area contributed by atoms with Gasteiger partial charge >= 0.3 is 6.03 Å². The Morgan fingerprint density at radius 2 is 2.23 bits per heavy atom. The Kier molecular flexibility index (Phi) is 5.01. The quantitative estimate of drug-likeness (QED) is 0.781. The first-order valence-electron chi connectivity index (χ1n) is 7.13. The molecule has 0 radical (unpaired) electrons. The van der Waals surface area contributed by atoms with Gasteiger partial charge in [-0.25, -0.2) is 17.9 Å². The summed E-state index contributed by atoms with van der Waals surface area (Å²) in [6.07, 6.45) is 4.20. The zero-order chi connectivity index (χ0) is 16.3. The van der Waals surface area contributed by atoms with E-state index >= 15 is 0 Å². The van der Waals surface area contributed by atoms with Crippen molar-refractivity contribution in [2.75, 3.05) is 19.3 Å². The van der Waals surface area contributed by atoms with Gasteiger partial charge in [-0.05, 0) is 19.8 Å². The molecule has 1 aromatic rings. The van der Waals surface area contributed by atoms with Crippen LogP contribution in [0.4, 0.5) is 4.79 Å². The lowest BCUT2D eigenvalue weighted by molar-refractivity contribution is 0.174. The summed E-state index contributed by atoms with van der Waals surface area (Å²) in [5.41, 5.74) is 0. The number of rotatable bonds is 4. The van der Waals surface area contributed by atoms with E-state index in [0.29, 0.717) is 18.9 Å². The van der Waals surface area contributed by atoms with Gasteiger partial charge < -0.3 is 14.8 Å². The average molecular weight is 330 g/mol. The molecule has 2 heterocycles. The Hall–Kier alpha value is -1.68. The Morgan fingerprint density at radius 1 is 1.50 bits per heavy atom. The third kappa shape index (κ3) is 4.41. The molecule has 1 saturated heterocycles. The topological polar surface area (TPSA) is 109 Å². The first-order chi connectivity index (χ1) is 10.3. The van der Waals surface area contributed by atoms with Gasteiger partial charge in [0, 0.05) is 26.2 Å². The van der Waals surface area contributed by atoms with E-state index in [0.717, 1.165) is 19.1 Å². The van der Waals surface area contributed by atoms with Gasteiger partial charge in [-0.2, -0.15) is 0 Å². The van der Waals surface area contributed by atoms with Crippen molar-refractivity contribution in [2.24, 2.45) is 7.05 Å². The van der Waals surface area contributed by atoms with Gasteiger partial charge in [-0.15, -0.1) is 10.2 Å². The van der Waals surface area contributed by atoms with Crippen LogP contribution in [0.25, 0.3) is 0 Å². The van der Waals surface area contributed by atoms with E-state index in [9.17, 15) is 13.2 Å². The number of hydrogen-bond acceptors (Lipinski definition) is 5. The summed E-state index contributed by atoms with van der Waals surface area (Å²) in [5, 5.41) is 10.6. The fraction of sp³-hybridized carbons (Fsp3) is 0.750. The normalized spacial score (nSPS) is 20.7. The number of likely N-dealkylation sites (tertiary alicyclic amines) is 1. The van der Waals surface area contributed by atoms with Gasteiger partial charge in [0.1, 0.15) is 6.33 Å². The largest absolute Gasteiger partial charge is 0.328 e. The number of nitrogens with one attached hydrogen (secondary N) is 2. The summed E-state index contributed by atoms with van der Waals surface area (Å²) in [4.78, 5) is 13.9. The molecule has 0 spiro atoms. The molecule has 1 fully saturated rings. The fourth-order valence-corrected chi connectivity index (χ4v) is 3.38. The van der Waals surface area contributed by atoms with Crippen LogP contribution in [0.2, 0.25) is 0 Å². The van der Waals surface area contributed by atoms with Crippen LogP contribution < -0.4 is 10.0 Å². The molecule has 2 amide bonds. The van der Waals surface area contributed by atoms with Gasteiger partial charge in [0.15, 0.2) is 5.82 Å². The molecule has 0 bridgehead atoms. The van der Waals surface area contributed by atoms with Gasteiger partial charge in [0.2, 0.25) is 10.0 Å². The molecule has 2 N–H and O–H groups in total. The maximum Gasteiger partial charge on any atom is 0.318 e. The van der Waals surface area contributed by atoms with E-state index < -0.39 is 10.0 Å². The van der Waals surface area contributed by atoms with Crippen molar-refractivity contribution in [3.05, 3.63) is 12.2 Å². The van der Waals surface area contributed by atoms with Crippen LogP contribution >= 0.6 is 0 Å². The van der Waals surface area contributed by atoms with E-state index in [-0.39, 0.29) is 18.1 Å². The molecular weight excluding hydrogens is 308 g/mol. The number of sulfonamides is 1. The number of carbonyl (C=O) groups excluding carboxylic acids is 1. The van der Waals surface area contributed by atoms with Crippen molar-refractivity contribution in [2.45, 2.75) is 31.8 Å². The standard InChI is InChI=1S/C12H22N6O3S/c1-9(11-15-13-8-17(11)2)14-12(19)18-6-4-5-10(7-18)16-22(3,20)21/h8-10,16H,4-7H2,1-3H3,(H,14,19)/t9-,10+/m0/s1. The molecule has 10 heteroatoms. The number of nitrogens with zero attached hydrogens (tertiary/aromatic N) is 4. The maximum atomic E-state index is 12.3. The summed E-state index contributed by atoms with van der Waals surface area (Å²) in [6, 6.07) is -0.738. The SMILES string of the molecule is C[C@H](NC(=O)N1CCC[C@@H](NS(C)(=O)=O)C1)c1nncn1C. The molecule has 0 saturated carbocycles. The summed E-state index contributed by atoms with van der Waals surface area (Å²) >= 11 is 0. The molecule has 1 aliphatic heterocycles. The molecule has 124 valence electrons. The Labute approximate surface area is 130 Å². The minimum atomic E-state index is -3.27. The van der Waals surface area contributed by atoms with Crippen LogP contribution in [0, 0.1) is 0 Å². The molecule has 2 atom stereocenters. The van der Waals surface area contributed by atoms with Crippen LogP contribution in [-0.4, -0.2) is 59.5 Å². The molecule has 9 nitrogen and oxygen atoms in total. The molecule has 1 aliphatic rings. The highest BCUT2D eigenvalue weighted by atomic mass is 32.2. The maximum absolute atomic E-state index is 12.3. The van der Waals surface area contributed by atoms with E-state index in [4.69, 9.17) is 0 Å². The van der Waals surface area contributed by atoms with Gasteiger partial charge in [0.05, 0.1) is 12.3 Å². The lowest BCUT2D eigenvalue weighted by Gasteiger charge is -2.33. The third-order valence-electron chi connectivity index (χ3n) is 3.56. The second-order valence-corrected chi connectivity index (χ2v) is 7.43. The lowest BCUT2D eigenvalue weighted by atomic mass is 10.1. The van der Waals surface area contributed by atoms with Gasteiger partial charge in [-0.3, -0.25) is 0 Å². The second kappa shape index (κ2) is 6.61. The predicted molar refractivity (Wildman–Crippen MR) is 80.5 cm³/mol. The summed E-state index contributed by atoms with van der Waals surface area (Å²) in [6.45, 7) is 2.81. The molecular formula is C12H22N6O3S. The van der Waals surface area contributed by atoms with E-state index in [1.165, 1.54) is 0 Å². The minimum absolute atomic E-state index is 0.226. The minimum Gasteiger partial charge on any atom is -0.328 e. The van der Waals surface area contributed by atoms with Crippen molar-refractivity contribution in [3.8, 4) is 0 Å². The van der Waals surface area contributed by atoms with Crippen molar-refractivity contribution >= 4 is 16.1 Å². The molecule has 1 aromatic heterocycles. The summed E-state index contributed by atoms with van der Waals surface area (Å²) in [5.74, 6) is 0.663. The highest BCUT2D eigenvalue weighted by Gasteiger charge is 2.26. The van der Waals surface area contributed by atoms with E-state index in [1.54, 1.807) is 15.8 Å². The highest BCUT2D eigenvalue weighted by Crippen LogP contribution is 2.13. The van der Waals surface area contributed by atoms with Gasteiger partial charge in [0.25, 0.3) is 0 Å². The zero-order valence-corrected chi connectivity index (χ0v) is 13.8. The molecule has 0 unspecified atom stereocenters. The first-order valence-corrected chi connectivity index (χ1v) is 9.02. The molecule has 2 rings (SSSR count). The van der Waals surface area contributed by atoms with Crippen LogP contribution in [0.1, 0.15) is 31.6 Å². The summed E-state index contributed by atoms with van der Waals surface area (Å²) < 4.78 is 26.9. The molecule has 22 heavy (non-hydrogen) atoms. The molecule has 0 aromatic carbocycles. The first kappa shape index (κ1) is 16.7. The van der Waals surface area contributed by atoms with Crippen molar-refractivity contribution in [3.63, 3.8) is 0 Å². The number of urea groups is 1. The number of amides is 2.